The lowest BCUT2D eigenvalue weighted by atomic mass is 10.0. The second kappa shape index (κ2) is 6.22. The van der Waals surface area contributed by atoms with E-state index in [1.54, 1.807) is 25.3 Å². The highest BCUT2D eigenvalue weighted by molar-refractivity contribution is 9.10. The van der Waals surface area contributed by atoms with Crippen molar-refractivity contribution < 1.29 is 14.3 Å². The summed E-state index contributed by atoms with van der Waals surface area (Å²) in [4.78, 5) is 12.1. The molecule has 1 amide bonds. The van der Waals surface area contributed by atoms with E-state index in [9.17, 15) is 4.79 Å². The van der Waals surface area contributed by atoms with E-state index >= 15 is 0 Å². The van der Waals surface area contributed by atoms with Crippen molar-refractivity contribution in [3.63, 3.8) is 0 Å². The predicted octanol–water partition coefficient (Wildman–Crippen LogP) is 2.64. The van der Waals surface area contributed by atoms with Gasteiger partial charge < -0.3 is 14.8 Å². The van der Waals surface area contributed by atoms with Crippen molar-refractivity contribution in [2.24, 2.45) is 0 Å². The summed E-state index contributed by atoms with van der Waals surface area (Å²) in [6.07, 6.45) is 0.786. The number of hydrogen-bond donors (Lipinski definition) is 1. The van der Waals surface area contributed by atoms with Crippen LogP contribution in [0.1, 0.15) is 16.8 Å². The van der Waals surface area contributed by atoms with Crippen molar-refractivity contribution in [3.8, 4) is 0 Å². The maximum absolute atomic E-state index is 12.1. The molecule has 0 spiro atoms. The minimum absolute atomic E-state index is 0.152. The molecular formula is C13H15BrClNO3. The zero-order valence-electron chi connectivity index (χ0n) is 10.5. The lowest BCUT2D eigenvalue weighted by molar-refractivity contribution is -0.0148. The summed E-state index contributed by atoms with van der Waals surface area (Å²) in [6, 6.07) is 5.07. The first-order chi connectivity index (χ1) is 9.06. The van der Waals surface area contributed by atoms with E-state index in [0.717, 1.165) is 6.42 Å². The second-order valence-corrected chi connectivity index (χ2v) is 5.76. The highest BCUT2D eigenvalue weighted by Gasteiger charge is 2.35. The molecule has 1 saturated heterocycles. The number of methoxy groups -OCH3 is 1. The van der Waals surface area contributed by atoms with Crippen molar-refractivity contribution >= 4 is 33.4 Å². The maximum atomic E-state index is 12.1. The van der Waals surface area contributed by atoms with Crippen LogP contribution in [0.2, 0.25) is 5.02 Å². The third-order valence-electron chi connectivity index (χ3n) is 3.25. The number of benzene rings is 1. The van der Waals surface area contributed by atoms with Crippen LogP contribution in [0.5, 0.6) is 0 Å². The zero-order chi connectivity index (χ0) is 13.9. The Bertz CT molecular complexity index is 475. The molecule has 1 atom stereocenters. The van der Waals surface area contributed by atoms with Gasteiger partial charge in [0.25, 0.3) is 5.91 Å². The van der Waals surface area contributed by atoms with E-state index in [0.29, 0.717) is 34.8 Å². The van der Waals surface area contributed by atoms with Gasteiger partial charge in [-0.3, -0.25) is 4.79 Å². The number of nitrogens with one attached hydrogen (secondary N) is 1. The topological polar surface area (TPSA) is 47.6 Å². The Labute approximate surface area is 125 Å². The molecule has 1 aromatic rings. The highest BCUT2D eigenvalue weighted by atomic mass is 79.9. The van der Waals surface area contributed by atoms with Gasteiger partial charge in [0.2, 0.25) is 0 Å². The molecule has 0 aliphatic carbocycles. The molecule has 1 N–H and O–H groups in total. The van der Waals surface area contributed by atoms with Crippen LogP contribution in [0.3, 0.4) is 0 Å². The average Bonchev–Trinajstić information content (AvgIpc) is 2.89. The quantitative estimate of drug-likeness (QED) is 0.910. The van der Waals surface area contributed by atoms with Crippen LogP contribution in [-0.4, -0.2) is 38.4 Å². The van der Waals surface area contributed by atoms with Crippen molar-refractivity contribution in [2.45, 2.75) is 12.0 Å². The van der Waals surface area contributed by atoms with E-state index in [2.05, 4.69) is 21.2 Å². The molecule has 1 fully saturated rings. The summed E-state index contributed by atoms with van der Waals surface area (Å²) < 4.78 is 11.5. The largest absolute Gasteiger partial charge is 0.378 e. The number of amides is 1. The van der Waals surface area contributed by atoms with E-state index in [1.807, 2.05) is 0 Å². The fourth-order valence-electron chi connectivity index (χ4n) is 1.94. The van der Waals surface area contributed by atoms with Crippen LogP contribution in [-0.2, 0) is 9.47 Å². The summed E-state index contributed by atoms with van der Waals surface area (Å²) in [5, 5.41) is 3.45. The molecule has 1 heterocycles. The molecule has 0 saturated carbocycles. The smallest absolute Gasteiger partial charge is 0.251 e. The molecule has 1 unspecified atom stereocenters. The van der Waals surface area contributed by atoms with Gasteiger partial charge >= 0.3 is 0 Å². The number of carbonyl (C=O) groups is 1. The van der Waals surface area contributed by atoms with Crippen LogP contribution in [0.15, 0.2) is 22.7 Å². The molecule has 0 radical (unpaired) electrons. The molecule has 2 rings (SSSR count). The molecule has 0 bridgehead atoms. The monoisotopic (exact) mass is 347 g/mol. The number of rotatable bonds is 4. The van der Waals surface area contributed by atoms with E-state index in [4.69, 9.17) is 21.1 Å². The lowest BCUT2D eigenvalue weighted by Gasteiger charge is -2.25. The number of halogens is 2. The Kier molecular flexibility index (Phi) is 4.84. The zero-order valence-corrected chi connectivity index (χ0v) is 12.9. The van der Waals surface area contributed by atoms with Gasteiger partial charge in [-0.2, -0.15) is 0 Å². The van der Waals surface area contributed by atoms with Crippen LogP contribution in [0, 0.1) is 0 Å². The van der Waals surface area contributed by atoms with Crippen LogP contribution >= 0.6 is 27.5 Å². The van der Waals surface area contributed by atoms with E-state index in [1.165, 1.54) is 0 Å². The molecule has 104 valence electrons. The Balaban J connectivity index is 1.99. The van der Waals surface area contributed by atoms with E-state index < -0.39 is 5.60 Å². The van der Waals surface area contributed by atoms with Crippen LogP contribution in [0.4, 0.5) is 0 Å². The third-order valence-corrected chi connectivity index (χ3v) is 4.47. The standard InChI is InChI=1S/C13H15BrClNO3/c1-18-13(4-5-19-8-13)7-16-12(17)9-2-3-11(15)10(14)6-9/h2-3,6H,4-5,7-8H2,1H3,(H,16,17). The number of hydrogen-bond acceptors (Lipinski definition) is 3. The van der Waals surface area contributed by atoms with Crippen molar-refractivity contribution in [2.75, 3.05) is 26.9 Å². The fraction of sp³-hybridized carbons (Fsp3) is 0.462. The summed E-state index contributed by atoms with van der Waals surface area (Å²) in [5.41, 5.74) is 0.153. The fourth-order valence-corrected chi connectivity index (χ4v) is 2.44. The summed E-state index contributed by atoms with van der Waals surface area (Å²) in [6.45, 7) is 1.60. The first kappa shape index (κ1) is 14.8. The van der Waals surface area contributed by atoms with Gasteiger partial charge in [0, 0.05) is 36.7 Å². The Morgan fingerprint density at radius 3 is 3.00 bits per heavy atom. The highest BCUT2D eigenvalue weighted by Crippen LogP contribution is 2.24. The second-order valence-electron chi connectivity index (χ2n) is 4.50. The van der Waals surface area contributed by atoms with Gasteiger partial charge in [-0.05, 0) is 34.1 Å². The van der Waals surface area contributed by atoms with Crippen LogP contribution in [0.25, 0.3) is 0 Å². The number of carbonyl (C=O) groups excluding carboxylic acids is 1. The van der Waals surface area contributed by atoms with Crippen molar-refractivity contribution in [3.05, 3.63) is 33.3 Å². The maximum Gasteiger partial charge on any atom is 0.251 e. The molecule has 4 nitrogen and oxygen atoms in total. The summed E-state index contributed by atoms with van der Waals surface area (Å²) in [7, 11) is 1.64. The van der Waals surface area contributed by atoms with Gasteiger partial charge in [-0.15, -0.1) is 0 Å². The Morgan fingerprint density at radius 1 is 1.63 bits per heavy atom. The minimum Gasteiger partial charge on any atom is -0.378 e. The molecule has 1 aliphatic rings. The molecule has 0 aromatic heterocycles. The Morgan fingerprint density at radius 2 is 2.42 bits per heavy atom. The van der Waals surface area contributed by atoms with Gasteiger partial charge in [0.05, 0.1) is 11.6 Å². The van der Waals surface area contributed by atoms with Crippen LogP contribution < -0.4 is 5.32 Å². The van der Waals surface area contributed by atoms with E-state index in [-0.39, 0.29) is 5.91 Å². The first-order valence-corrected chi connectivity index (χ1v) is 7.10. The predicted molar refractivity (Wildman–Crippen MR) is 76.7 cm³/mol. The molecule has 1 aromatic carbocycles. The van der Waals surface area contributed by atoms with Gasteiger partial charge in [0.1, 0.15) is 5.60 Å². The number of ether oxygens (including phenoxy) is 2. The van der Waals surface area contributed by atoms with Gasteiger partial charge in [-0.1, -0.05) is 11.6 Å². The Hall–Kier alpha value is -0.620. The molecular weight excluding hydrogens is 334 g/mol. The SMILES string of the molecule is COC1(CNC(=O)c2ccc(Cl)c(Br)c2)CCOC1. The lowest BCUT2D eigenvalue weighted by Crippen LogP contribution is -2.45. The normalized spacial score (nSPS) is 22.5. The van der Waals surface area contributed by atoms with Crippen molar-refractivity contribution in [1.82, 2.24) is 5.32 Å². The minimum atomic E-state index is -0.403. The molecule has 19 heavy (non-hydrogen) atoms. The van der Waals surface area contributed by atoms with Crippen molar-refractivity contribution in [1.29, 1.82) is 0 Å². The first-order valence-electron chi connectivity index (χ1n) is 5.92. The summed E-state index contributed by atoms with van der Waals surface area (Å²) >= 11 is 9.19. The summed E-state index contributed by atoms with van der Waals surface area (Å²) in [5.74, 6) is -0.152. The van der Waals surface area contributed by atoms with Gasteiger partial charge in [0.15, 0.2) is 0 Å². The third kappa shape index (κ3) is 3.48. The van der Waals surface area contributed by atoms with Gasteiger partial charge in [-0.25, -0.2) is 0 Å². The molecule has 6 heteroatoms. The average molecular weight is 349 g/mol. The molecule has 1 aliphatic heterocycles.